The third kappa shape index (κ3) is 1.33. The zero-order valence-electron chi connectivity index (χ0n) is 5.00. The molecule has 0 spiro atoms. The van der Waals surface area contributed by atoms with Crippen LogP contribution in [-0.4, -0.2) is 19.1 Å². The van der Waals surface area contributed by atoms with Crippen molar-refractivity contribution in [2.45, 2.75) is 18.4 Å². The van der Waals surface area contributed by atoms with Crippen LogP contribution in [-0.2, 0) is 0 Å². The molecule has 0 aromatic rings. The predicted molar refractivity (Wildman–Crippen MR) is 43.0 cm³/mol. The Morgan fingerprint density at radius 2 is 2.25 bits per heavy atom. The first kappa shape index (κ1) is 6.77. The molecule has 1 saturated carbocycles. The van der Waals surface area contributed by atoms with E-state index < -0.39 is 0 Å². The fourth-order valence-electron chi connectivity index (χ4n) is 0.794. The van der Waals surface area contributed by atoms with Gasteiger partial charge in [0, 0.05) is 34.9 Å². The molecule has 0 aromatic carbocycles. The fourth-order valence-corrected chi connectivity index (χ4v) is 1.52. The summed E-state index contributed by atoms with van der Waals surface area (Å²) in [6, 6.07) is 0. The van der Waals surface area contributed by atoms with Crippen molar-refractivity contribution in [1.29, 1.82) is 0 Å². The molecule has 2 nitrogen and oxygen atoms in total. The number of rotatable bonds is 3. The molecule has 0 aromatic heterocycles. The Hall–Kier alpha value is 0.650. The van der Waals surface area contributed by atoms with Crippen molar-refractivity contribution in [2.24, 2.45) is 0 Å². The minimum Gasteiger partial charge on any atom is -0.318 e. The van der Waals surface area contributed by atoms with E-state index >= 15 is 0 Å². The van der Waals surface area contributed by atoms with Crippen LogP contribution in [0.5, 0.6) is 0 Å². The van der Waals surface area contributed by atoms with Crippen molar-refractivity contribution in [3.8, 4) is 0 Å². The number of nitrogens with one attached hydrogen (secondary N) is 2. The Morgan fingerprint density at radius 3 is 2.38 bits per heavy atom. The maximum Gasteiger partial charge on any atom is 0.0400 e. The first-order chi connectivity index (χ1) is 3.83. The molecule has 0 aliphatic heterocycles. The van der Waals surface area contributed by atoms with E-state index in [9.17, 15) is 0 Å². The lowest BCUT2D eigenvalue weighted by Crippen LogP contribution is -2.33. The smallest absolute Gasteiger partial charge is 0.0400 e. The van der Waals surface area contributed by atoms with Gasteiger partial charge in [-0.3, -0.25) is 3.53 Å². The Labute approximate surface area is 63.9 Å². The minimum atomic E-state index is 0.468. The van der Waals surface area contributed by atoms with Crippen LogP contribution in [0, 0.1) is 0 Å². The van der Waals surface area contributed by atoms with E-state index in [1.165, 1.54) is 12.8 Å². The molecule has 1 aliphatic carbocycles. The lowest BCUT2D eigenvalue weighted by Gasteiger charge is -2.09. The molecule has 2 N–H and O–H groups in total. The monoisotopic (exact) mass is 226 g/mol. The molecule has 1 rings (SSSR count). The van der Waals surface area contributed by atoms with Gasteiger partial charge in [0.2, 0.25) is 0 Å². The maximum absolute atomic E-state index is 3.26. The molecule has 0 unspecified atom stereocenters. The van der Waals surface area contributed by atoms with Gasteiger partial charge in [-0.05, 0) is 19.9 Å². The van der Waals surface area contributed by atoms with Gasteiger partial charge < -0.3 is 5.32 Å². The SMILES string of the molecule is CNCC1(NI)CC1. The van der Waals surface area contributed by atoms with Crippen molar-refractivity contribution in [1.82, 2.24) is 8.85 Å². The fraction of sp³-hybridized carbons (Fsp3) is 1.00. The lowest BCUT2D eigenvalue weighted by molar-refractivity contribution is 0.593. The highest BCUT2D eigenvalue weighted by atomic mass is 127. The van der Waals surface area contributed by atoms with Crippen molar-refractivity contribution >= 4 is 22.9 Å². The summed E-state index contributed by atoms with van der Waals surface area (Å²) in [5.74, 6) is 0. The summed E-state index contributed by atoms with van der Waals surface area (Å²) in [7, 11) is 1.99. The molecule has 3 heteroatoms. The quantitative estimate of drug-likeness (QED) is 0.546. The van der Waals surface area contributed by atoms with Gasteiger partial charge in [0.25, 0.3) is 0 Å². The molecule has 48 valence electrons. The standard InChI is InChI=1S/C5H11IN2/c1-7-4-5(8-6)2-3-5/h7-8H,2-4H2,1H3. The molecule has 0 amide bonds. The van der Waals surface area contributed by atoms with E-state index in [0.29, 0.717) is 5.54 Å². The summed E-state index contributed by atoms with van der Waals surface area (Å²) in [5.41, 5.74) is 0.468. The summed E-state index contributed by atoms with van der Waals surface area (Å²) in [4.78, 5) is 0. The van der Waals surface area contributed by atoms with Gasteiger partial charge in [-0.2, -0.15) is 0 Å². The van der Waals surface area contributed by atoms with Gasteiger partial charge in [0.1, 0.15) is 0 Å². The van der Waals surface area contributed by atoms with Gasteiger partial charge in [-0.25, -0.2) is 0 Å². The molecule has 0 saturated heterocycles. The van der Waals surface area contributed by atoms with E-state index in [2.05, 4.69) is 31.7 Å². The van der Waals surface area contributed by atoms with Crippen LogP contribution in [0.4, 0.5) is 0 Å². The van der Waals surface area contributed by atoms with E-state index in [1.54, 1.807) is 0 Å². The molecule has 0 atom stereocenters. The van der Waals surface area contributed by atoms with Crippen molar-refractivity contribution in [2.75, 3.05) is 13.6 Å². The van der Waals surface area contributed by atoms with E-state index in [-0.39, 0.29) is 0 Å². The first-order valence-corrected chi connectivity index (χ1v) is 3.93. The summed E-state index contributed by atoms with van der Waals surface area (Å²) in [6.07, 6.45) is 2.66. The van der Waals surface area contributed by atoms with Crippen molar-refractivity contribution in [3.05, 3.63) is 0 Å². The van der Waals surface area contributed by atoms with E-state index in [4.69, 9.17) is 0 Å². The zero-order chi connectivity index (χ0) is 6.04. The van der Waals surface area contributed by atoms with Crippen molar-refractivity contribution in [3.63, 3.8) is 0 Å². The van der Waals surface area contributed by atoms with Crippen LogP contribution >= 0.6 is 22.9 Å². The molecule has 0 bridgehead atoms. The van der Waals surface area contributed by atoms with Crippen LogP contribution in [0.3, 0.4) is 0 Å². The Morgan fingerprint density at radius 1 is 1.62 bits per heavy atom. The van der Waals surface area contributed by atoms with E-state index in [1.807, 2.05) is 7.05 Å². The topological polar surface area (TPSA) is 24.1 Å². The number of halogens is 1. The normalized spacial score (nSPS) is 23.2. The summed E-state index contributed by atoms with van der Waals surface area (Å²) in [5, 5.41) is 3.15. The van der Waals surface area contributed by atoms with Crippen LogP contribution in [0.15, 0.2) is 0 Å². The number of hydrogen-bond acceptors (Lipinski definition) is 2. The molecular weight excluding hydrogens is 215 g/mol. The number of likely N-dealkylation sites (N-methyl/N-ethyl adjacent to an activating group) is 1. The van der Waals surface area contributed by atoms with Gasteiger partial charge in [-0.15, -0.1) is 0 Å². The van der Waals surface area contributed by atoms with Gasteiger partial charge >= 0.3 is 0 Å². The summed E-state index contributed by atoms with van der Waals surface area (Å²) in [6.45, 7) is 1.11. The highest BCUT2D eigenvalue weighted by Crippen LogP contribution is 2.35. The highest BCUT2D eigenvalue weighted by molar-refractivity contribution is 14.1. The Bertz CT molecular complexity index is 80.5. The molecule has 0 heterocycles. The second-order valence-corrected chi connectivity index (χ2v) is 2.94. The van der Waals surface area contributed by atoms with Crippen LogP contribution in [0.25, 0.3) is 0 Å². The third-order valence-corrected chi connectivity index (χ3v) is 2.71. The summed E-state index contributed by atoms with van der Waals surface area (Å²) >= 11 is 2.23. The lowest BCUT2D eigenvalue weighted by atomic mass is 10.3. The predicted octanol–water partition coefficient (Wildman–Crippen LogP) is 0.678. The second kappa shape index (κ2) is 2.49. The van der Waals surface area contributed by atoms with Crippen LogP contribution < -0.4 is 8.85 Å². The Balaban J connectivity index is 2.20. The first-order valence-electron chi connectivity index (χ1n) is 2.85. The van der Waals surface area contributed by atoms with Gasteiger partial charge in [-0.1, -0.05) is 0 Å². The second-order valence-electron chi connectivity index (χ2n) is 2.41. The minimum absolute atomic E-state index is 0.468. The average Bonchev–Trinajstić information content (AvgIpc) is 2.50. The Kier molecular flexibility index (Phi) is 2.11. The van der Waals surface area contributed by atoms with Crippen LogP contribution in [0.2, 0.25) is 0 Å². The summed E-state index contributed by atoms with van der Waals surface area (Å²) < 4.78 is 3.26. The molecule has 0 radical (unpaired) electrons. The number of hydrogen-bond donors (Lipinski definition) is 2. The molecular formula is C5H11IN2. The molecule has 1 fully saturated rings. The van der Waals surface area contributed by atoms with Crippen molar-refractivity contribution < 1.29 is 0 Å². The average molecular weight is 226 g/mol. The van der Waals surface area contributed by atoms with Crippen LogP contribution in [0.1, 0.15) is 12.8 Å². The highest BCUT2D eigenvalue weighted by Gasteiger charge is 2.40. The third-order valence-electron chi connectivity index (χ3n) is 1.57. The maximum atomic E-state index is 3.26. The van der Waals surface area contributed by atoms with Gasteiger partial charge in [0.15, 0.2) is 0 Å². The largest absolute Gasteiger partial charge is 0.318 e. The van der Waals surface area contributed by atoms with Gasteiger partial charge in [0.05, 0.1) is 0 Å². The zero-order valence-corrected chi connectivity index (χ0v) is 7.16. The molecule has 1 aliphatic rings. The molecule has 8 heavy (non-hydrogen) atoms. The van der Waals surface area contributed by atoms with E-state index in [0.717, 1.165) is 6.54 Å².